The maximum absolute atomic E-state index is 13.0. The summed E-state index contributed by atoms with van der Waals surface area (Å²) in [5, 5.41) is 5.47. The van der Waals surface area contributed by atoms with Crippen molar-refractivity contribution in [2.45, 2.75) is 17.7 Å². The Bertz CT molecular complexity index is 1190. The van der Waals surface area contributed by atoms with Crippen molar-refractivity contribution in [1.29, 1.82) is 0 Å². The van der Waals surface area contributed by atoms with Crippen LogP contribution in [0, 0.1) is 5.92 Å². The van der Waals surface area contributed by atoms with Gasteiger partial charge in [0.15, 0.2) is 0 Å². The van der Waals surface area contributed by atoms with Gasteiger partial charge in [-0.25, -0.2) is 8.42 Å². The average molecular weight is 495 g/mol. The van der Waals surface area contributed by atoms with Crippen LogP contribution in [0.3, 0.4) is 0 Å². The van der Waals surface area contributed by atoms with E-state index in [1.165, 1.54) is 16.4 Å². The predicted octanol–water partition coefficient (Wildman–Crippen LogP) is 5.76. The molecule has 0 bridgehead atoms. The number of amides is 1. The second-order valence-electron chi connectivity index (χ2n) is 7.27. The Hall–Kier alpha value is -1.90. The van der Waals surface area contributed by atoms with Gasteiger partial charge in [0.25, 0.3) is 0 Å². The van der Waals surface area contributed by atoms with Gasteiger partial charge in [-0.2, -0.15) is 4.31 Å². The zero-order chi connectivity index (χ0) is 22.0. The first kappa shape index (κ1) is 22.3. The Morgan fingerprint density at radius 1 is 1.03 bits per heavy atom. The Kier molecular flexibility index (Phi) is 6.69. The summed E-state index contributed by atoms with van der Waals surface area (Å²) >= 11 is 13.7. The molecule has 0 radical (unpaired) electrons. The number of nitrogens with zero attached hydrogens (tertiary/aromatic N) is 1. The van der Waals surface area contributed by atoms with E-state index in [2.05, 4.69) is 5.32 Å². The first-order valence-electron chi connectivity index (χ1n) is 9.75. The predicted molar refractivity (Wildman–Crippen MR) is 126 cm³/mol. The maximum atomic E-state index is 13.0. The Morgan fingerprint density at radius 3 is 2.48 bits per heavy atom. The van der Waals surface area contributed by atoms with Gasteiger partial charge in [-0.05, 0) is 48.6 Å². The molecular formula is C22H20Cl2N2O3S2. The van der Waals surface area contributed by atoms with Gasteiger partial charge in [-0.1, -0.05) is 47.5 Å². The highest BCUT2D eigenvalue weighted by Crippen LogP contribution is 2.33. The summed E-state index contributed by atoms with van der Waals surface area (Å²) in [6, 6.07) is 16.1. The number of halogens is 2. The number of carbonyl (C=O) groups is 1. The highest BCUT2D eigenvalue weighted by atomic mass is 35.5. The van der Waals surface area contributed by atoms with Crippen molar-refractivity contribution < 1.29 is 13.2 Å². The van der Waals surface area contributed by atoms with E-state index in [1.54, 1.807) is 17.4 Å². The Labute approximate surface area is 195 Å². The minimum absolute atomic E-state index is 0.00515. The molecule has 9 heteroatoms. The summed E-state index contributed by atoms with van der Waals surface area (Å²) < 4.78 is 27.3. The fourth-order valence-electron chi connectivity index (χ4n) is 3.65. The van der Waals surface area contributed by atoms with Gasteiger partial charge in [0.1, 0.15) is 4.90 Å². The van der Waals surface area contributed by atoms with Crippen LogP contribution in [0.5, 0.6) is 0 Å². The molecule has 5 nitrogen and oxygen atoms in total. The van der Waals surface area contributed by atoms with Gasteiger partial charge < -0.3 is 5.32 Å². The third kappa shape index (κ3) is 4.81. The van der Waals surface area contributed by atoms with Gasteiger partial charge in [0.2, 0.25) is 15.9 Å². The molecule has 1 N–H and O–H groups in total. The molecule has 1 aliphatic heterocycles. The summed E-state index contributed by atoms with van der Waals surface area (Å²) in [7, 11) is -3.77. The minimum Gasteiger partial charge on any atom is -0.325 e. The van der Waals surface area contributed by atoms with Gasteiger partial charge in [-0.3, -0.25) is 4.79 Å². The number of para-hydroxylation sites is 1. The quantitative estimate of drug-likeness (QED) is 0.490. The number of sulfonamides is 1. The van der Waals surface area contributed by atoms with Crippen LogP contribution in [-0.2, 0) is 14.8 Å². The smallest absolute Gasteiger partial charge is 0.244 e. The number of anilines is 1. The summed E-state index contributed by atoms with van der Waals surface area (Å²) in [5.74, 6) is -0.362. The molecule has 3 aromatic rings. The van der Waals surface area contributed by atoms with Gasteiger partial charge >= 0.3 is 0 Å². The van der Waals surface area contributed by atoms with E-state index in [-0.39, 0.29) is 34.8 Å². The van der Waals surface area contributed by atoms with E-state index in [0.29, 0.717) is 17.9 Å². The van der Waals surface area contributed by atoms with E-state index < -0.39 is 10.0 Å². The summed E-state index contributed by atoms with van der Waals surface area (Å²) in [6.07, 6.45) is 0.870. The molecule has 1 amide bonds. The number of hydrogen-bond acceptors (Lipinski definition) is 4. The van der Waals surface area contributed by atoms with E-state index >= 15 is 0 Å². The minimum atomic E-state index is -3.77. The van der Waals surface area contributed by atoms with Gasteiger partial charge in [0, 0.05) is 40.2 Å². The van der Waals surface area contributed by atoms with Crippen LogP contribution in [0.2, 0.25) is 10.0 Å². The van der Waals surface area contributed by atoms with E-state index in [9.17, 15) is 13.2 Å². The molecule has 162 valence electrons. The number of nitrogens with one attached hydrogen (secondary N) is 1. The normalized spacial score (nSPS) is 15.7. The number of piperidine rings is 1. The number of hydrogen-bond donors (Lipinski definition) is 1. The lowest BCUT2D eigenvalue weighted by atomic mass is 9.97. The van der Waals surface area contributed by atoms with E-state index in [4.69, 9.17) is 23.2 Å². The fourth-order valence-corrected chi connectivity index (χ4v) is 6.62. The van der Waals surface area contributed by atoms with Crippen molar-refractivity contribution >= 4 is 56.2 Å². The Morgan fingerprint density at radius 2 is 1.77 bits per heavy atom. The molecule has 2 heterocycles. The molecule has 0 unspecified atom stereocenters. The topological polar surface area (TPSA) is 66.5 Å². The molecular weight excluding hydrogens is 475 g/mol. The van der Waals surface area contributed by atoms with Crippen LogP contribution in [0.15, 0.2) is 64.9 Å². The number of rotatable bonds is 5. The molecule has 1 saturated heterocycles. The standard InChI is InChI=1S/C22H20Cl2N2O3S2/c23-16-7-8-18(24)21(14-16)31(28,29)26-11-9-15(10-12-26)22(27)25-19-5-2-1-4-17(19)20-6-3-13-30-20/h1-8,13-15H,9-12H2,(H,25,27). The highest BCUT2D eigenvalue weighted by molar-refractivity contribution is 7.89. The first-order chi connectivity index (χ1) is 14.9. The number of thiophene rings is 1. The van der Waals surface area contributed by atoms with Crippen molar-refractivity contribution in [3.8, 4) is 10.4 Å². The third-order valence-electron chi connectivity index (χ3n) is 5.31. The SMILES string of the molecule is O=C(Nc1ccccc1-c1cccs1)C1CCN(S(=O)(=O)c2cc(Cl)ccc2Cl)CC1. The van der Waals surface area contributed by atoms with Crippen LogP contribution < -0.4 is 5.32 Å². The Balaban J connectivity index is 1.44. The van der Waals surface area contributed by atoms with E-state index in [0.717, 1.165) is 16.1 Å². The molecule has 1 fully saturated rings. The highest BCUT2D eigenvalue weighted by Gasteiger charge is 2.33. The number of carbonyl (C=O) groups excluding carboxylic acids is 1. The van der Waals surface area contributed by atoms with Crippen LogP contribution in [-0.4, -0.2) is 31.7 Å². The summed E-state index contributed by atoms with van der Waals surface area (Å²) in [6.45, 7) is 0.492. The van der Waals surface area contributed by atoms with Crippen molar-refractivity contribution in [3.63, 3.8) is 0 Å². The van der Waals surface area contributed by atoms with Crippen LogP contribution >= 0.6 is 34.5 Å². The number of benzene rings is 2. The lowest BCUT2D eigenvalue weighted by Gasteiger charge is -2.31. The maximum Gasteiger partial charge on any atom is 0.244 e. The van der Waals surface area contributed by atoms with Crippen molar-refractivity contribution in [3.05, 3.63) is 70.0 Å². The zero-order valence-electron chi connectivity index (χ0n) is 16.4. The van der Waals surface area contributed by atoms with E-state index in [1.807, 2.05) is 41.8 Å². The zero-order valence-corrected chi connectivity index (χ0v) is 19.6. The second kappa shape index (κ2) is 9.30. The van der Waals surface area contributed by atoms with Crippen LogP contribution in [0.25, 0.3) is 10.4 Å². The molecule has 1 aromatic heterocycles. The average Bonchev–Trinajstić information content (AvgIpc) is 3.30. The summed E-state index contributed by atoms with van der Waals surface area (Å²) in [4.78, 5) is 14.0. The van der Waals surface area contributed by atoms with Crippen molar-refractivity contribution in [2.24, 2.45) is 5.92 Å². The lowest BCUT2D eigenvalue weighted by molar-refractivity contribution is -0.120. The molecule has 0 saturated carbocycles. The molecule has 0 atom stereocenters. The van der Waals surface area contributed by atoms with Crippen molar-refractivity contribution in [2.75, 3.05) is 18.4 Å². The van der Waals surface area contributed by atoms with Crippen molar-refractivity contribution in [1.82, 2.24) is 4.31 Å². The molecule has 1 aliphatic rings. The summed E-state index contributed by atoms with van der Waals surface area (Å²) in [5.41, 5.74) is 1.73. The first-order valence-corrected chi connectivity index (χ1v) is 12.8. The second-order valence-corrected chi connectivity index (χ2v) is 11.0. The van der Waals surface area contributed by atoms with Crippen LogP contribution in [0.4, 0.5) is 5.69 Å². The molecule has 31 heavy (non-hydrogen) atoms. The molecule has 4 rings (SSSR count). The third-order valence-corrected chi connectivity index (χ3v) is 8.83. The lowest BCUT2D eigenvalue weighted by Crippen LogP contribution is -2.41. The van der Waals surface area contributed by atoms with Gasteiger partial charge in [0.05, 0.1) is 5.02 Å². The largest absolute Gasteiger partial charge is 0.325 e. The van der Waals surface area contributed by atoms with Gasteiger partial charge in [-0.15, -0.1) is 11.3 Å². The fraction of sp³-hybridized carbons (Fsp3) is 0.227. The molecule has 2 aromatic carbocycles. The monoisotopic (exact) mass is 494 g/mol. The molecule has 0 spiro atoms. The van der Waals surface area contributed by atoms with Crippen LogP contribution in [0.1, 0.15) is 12.8 Å². The molecule has 0 aliphatic carbocycles.